The Hall–Kier alpha value is -1.89. The van der Waals surface area contributed by atoms with Gasteiger partial charge >= 0.3 is 0 Å². The predicted octanol–water partition coefficient (Wildman–Crippen LogP) is 1.09. The average molecular weight is 320 g/mol. The molecule has 0 aliphatic carbocycles. The Balaban J connectivity index is 1.82. The molecule has 0 spiro atoms. The van der Waals surface area contributed by atoms with Crippen molar-refractivity contribution in [2.45, 2.75) is 38.3 Å². The van der Waals surface area contributed by atoms with Crippen LogP contribution in [-0.4, -0.2) is 66.3 Å². The highest BCUT2D eigenvalue weighted by Gasteiger charge is 2.40. The summed E-state index contributed by atoms with van der Waals surface area (Å²) in [7, 11) is 1.69. The molecule has 2 saturated heterocycles. The molecule has 1 amide bonds. The number of hydrogen-bond donors (Lipinski definition) is 0. The van der Waals surface area contributed by atoms with E-state index in [-0.39, 0.29) is 18.1 Å². The van der Waals surface area contributed by atoms with Crippen molar-refractivity contribution in [1.82, 2.24) is 14.9 Å². The minimum absolute atomic E-state index is 0.0389. The van der Waals surface area contributed by atoms with E-state index in [4.69, 9.17) is 9.47 Å². The number of likely N-dealkylation sites (tertiary alicyclic amines) is 1. The fraction of sp³-hybridized carbons (Fsp3) is 0.688. The number of methoxy groups -OCH3 is 1. The first-order valence-electron chi connectivity index (χ1n) is 8.26. The molecular formula is C16H24N4O3. The summed E-state index contributed by atoms with van der Waals surface area (Å²) >= 11 is 0. The molecule has 2 aliphatic heterocycles. The first-order chi connectivity index (χ1) is 11.2. The van der Waals surface area contributed by atoms with Crippen LogP contribution in [-0.2, 0) is 9.53 Å². The Morgan fingerprint density at radius 3 is 2.83 bits per heavy atom. The molecule has 0 aromatic carbocycles. The largest absolute Gasteiger partial charge is 0.478 e. The van der Waals surface area contributed by atoms with E-state index in [0.29, 0.717) is 25.5 Å². The van der Waals surface area contributed by atoms with Crippen molar-refractivity contribution in [3.8, 4) is 5.88 Å². The molecule has 0 N–H and O–H groups in total. The normalized spacial score (nSPS) is 24.3. The van der Waals surface area contributed by atoms with Crippen LogP contribution < -0.4 is 9.64 Å². The fourth-order valence-corrected chi connectivity index (χ4v) is 3.32. The van der Waals surface area contributed by atoms with Gasteiger partial charge in [-0.2, -0.15) is 0 Å². The van der Waals surface area contributed by atoms with Gasteiger partial charge in [0.05, 0.1) is 12.7 Å². The average Bonchev–Trinajstić information content (AvgIpc) is 3.24. The first-order valence-corrected chi connectivity index (χ1v) is 8.26. The van der Waals surface area contributed by atoms with Gasteiger partial charge in [-0.05, 0) is 19.8 Å². The summed E-state index contributed by atoms with van der Waals surface area (Å²) in [5, 5.41) is 0. The number of nitrogens with zero attached hydrogens (tertiary/aromatic N) is 4. The highest BCUT2D eigenvalue weighted by Crippen LogP contribution is 2.29. The standard InChI is InChI=1S/C16H24N4O3/c1-3-23-15-9-14(17-11-18-15)20-10-12(22-2)8-13(20)16(21)19-6-4-5-7-19/h9,11-13H,3-8,10H2,1-2H3/t12-,13-/m0/s1. The van der Waals surface area contributed by atoms with Gasteiger partial charge in [-0.15, -0.1) is 0 Å². The summed E-state index contributed by atoms with van der Waals surface area (Å²) in [6.07, 6.45) is 4.40. The second-order valence-corrected chi connectivity index (χ2v) is 5.94. The molecule has 7 heteroatoms. The maximum Gasteiger partial charge on any atom is 0.245 e. The molecule has 0 bridgehead atoms. The highest BCUT2D eigenvalue weighted by atomic mass is 16.5. The Morgan fingerprint density at radius 2 is 2.13 bits per heavy atom. The predicted molar refractivity (Wildman–Crippen MR) is 85.6 cm³/mol. The van der Waals surface area contributed by atoms with E-state index in [1.165, 1.54) is 6.33 Å². The summed E-state index contributed by atoms with van der Waals surface area (Å²) in [4.78, 5) is 25.3. The van der Waals surface area contributed by atoms with Crippen molar-refractivity contribution in [1.29, 1.82) is 0 Å². The summed E-state index contributed by atoms with van der Waals surface area (Å²) in [6, 6.07) is 1.58. The van der Waals surface area contributed by atoms with Crippen LogP contribution in [0.15, 0.2) is 12.4 Å². The monoisotopic (exact) mass is 320 g/mol. The molecule has 1 aromatic rings. The second kappa shape index (κ2) is 7.12. The van der Waals surface area contributed by atoms with Crippen LogP contribution in [0.3, 0.4) is 0 Å². The molecule has 2 atom stereocenters. The smallest absolute Gasteiger partial charge is 0.245 e. The third-order valence-corrected chi connectivity index (χ3v) is 4.51. The van der Waals surface area contributed by atoms with Crippen molar-refractivity contribution in [2.24, 2.45) is 0 Å². The Bertz CT molecular complexity index is 548. The lowest BCUT2D eigenvalue weighted by Crippen LogP contribution is -2.45. The minimum atomic E-state index is -0.220. The van der Waals surface area contributed by atoms with Gasteiger partial charge in [0, 0.05) is 39.2 Å². The molecule has 0 unspecified atom stereocenters. The summed E-state index contributed by atoms with van der Waals surface area (Å²) in [6.45, 7) is 4.83. The number of amides is 1. The van der Waals surface area contributed by atoms with Crippen molar-refractivity contribution in [3.63, 3.8) is 0 Å². The van der Waals surface area contributed by atoms with Gasteiger partial charge in [-0.3, -0.25) is 4.79 Å². The molecule has 2 fully saturated rings. The van der Waals surface area contributed by atoms with Crippen LogP contribution in [0, 0.1) is 0 Å². The number of hydrogen-bond acceptors (Lipinski definition) is 6. The lowest BCUT2D eigenvalue weighted by atomic mass is 10.1. The highest BCUT2D eigenvalue weighted by molar-refractivity contribution is 5.86. The number of rotatable bonds is 5. The third-order valence-electron chi connectivity index (χ3n) is 4.51. The van der Waals surface area contributed by atoms with E-state index in [9.17, 15) is 4.79 Å². The second-order valence-electron chi connectivity index (χ2n) is 5.94. The van der Waals surface area contributed by atoms with E-state index in [1.807, 2.05) is 16.7 Å². The number of carbonyl (C=O) groups excluding carboxylic acids is 1. The molecule has 7 nitrogen and oxygen atoms in total. The number of aromatic nitrogens is 2. The van der Waals surface area contributed by atoms with Gasteiger partial charge in [0.2, 0.25) is 11.8 Å². The minimum Gasteiger partial charge on any atom is -0.478 e. The van der Waals surface area contributed by atoms with Crippen molar-refractivity contribution in [2.75, 3.05) is 38.3 Å². The Kier molecular flexibility index (Phi) is 4.95. The molecule has 3 rings (SSSR count). The van der Waals surface area contributed by atoms with Crippen LogP contribution in [0.25, 0.3) is 0 Å². The van der Waals surface area contributed by atoms with Gasteiger partial charge in [0.1, 0.15) is 18.2 Å². The lowest BCUT2D eigenvalue weighted by molar-refractivity contribution is -0.131. The van der Waals surface area contributed by atoms with E-state index in [0.717, 1.165) is 31.7 Å². The molecule has 3 heterocycles. The van der Waals surface area contributed by atoms with Crippen molar-refractivity contribution >= 4 is 11.7 Å². The van der Waals surface area contributed by atoms with E-state index >= 15 is 0 Å². The summed E-state index contributed by atoms with van der Waals surface area (Å²) in [5.74, 6) is 1.44. The quantitative estimate of drug-likeness (QED) is 0.809. The zero-order valence-electron chi connectivity index (χ0n) is 13.8. The maximum atomic E-state index is 12.9. The van der Waals surface area contributed by atoms with Crippen molar-refractivity contribution in [3.05, 3.63) is 12.4 Å². The zero-order chi connectivity index (χ0) is 16.2. The lowest BCUT2D eigenvalue weighted by Gasteiger charge is -2.28. The molecular weight excluding hydrogens is 296 g/mol. The van der Waals surface area contributed by atoms with Crippen LogP contribution in [0.4, 0.5) is 5.82 Å². The van der Waals surface area contributed by atoms with Crippen molar-refractivity contribution < 1.29 is 14.3 Å². The molecule has 0 radical (unpaired) electrons. The Labute approximate surface area is 136 Å². The first kappa shape index (κ1) is 16.0. The van der Waals surface area contributed by atoms with Crippen LogP contribution >= 0.6 is 0 Å². The maximum absolute atomic E-state index is 12.9. The summed E-state index contributed by atoms with van der Waals surface area (Å²) < 4.78 is 10.9. The third kappa shape index (κ3) is 3.39. The van der Waals surface area contributed by atoms with Gasteiger partial charge in [0.25, 0.3) is 0 Å². The number of anilines is 1. The van der Waals surface area contributed by atoms with E-state index < -0.39 is 0 Å². The van der Waals surface area contributed by atoms with E-state index in [2.05, 4.69) is 9.97 Å². The van der Waals surface area contributed by atoms with Gasteiger partial charge in [-0.1, -0.05) is 0 Å². The van der Waals surface area contributed by atoms with Gasteiger partial charge in [0.15, 0.2) is 0 Å². The Morgan fingerprint density at radius 1 is 1.35 bits per heavy atom. The van der Waals surface area contributed by atoms with Gasteiger partial charge in [-0.25, -0.2) is 9.97 Å². The molecule has 23 heavy (non-hydrogen) atoms. The topological polar surface area (TPSA) is 67.8 Å². The molecule has 1 aromatic heterocycles. The number of ether oxygens (including phenoxy) is 2. The van der Waals surface area contributed by atoms with Crippen LogP contribution in [0.2, 0.25) is 0 Å². The van der Waals surface area contributed by atoms with Gasteiger partial charge < -0.3 is 19.3 Å². The van der Waals surface area contributed by atoms with E-state index in [1.54, 1.807) is 13.2 Å². The molecule has 0 saturated carbocycles. The molecule has 126 valence electrons. The number of carbonyl (C=O) groups is 1. The summed E-state index contributed by atoms with van der Waals surface area (Å²) in [5.41, 5.74) is 0. The SMILES string of the molecule is CCOc1cc(N2C[C@@H](OC)C[C@H]2C(=O)N2CCCC2)ncn1. The molecule has 2 aliphatic rings. The van der Waals surface area contributed by atoms with Crippen LogP contribution in [0.1, 0.15) is 26.2 Å². The zero-order valence-corrected chi connectivity index (χ0v) is 13.8. The van der Waals surface area contributed by atoms with Crippen LogP contribution in [0.5, 0.6) is 5.88 Å². The fourth-order valence-electron chi connectivity index (χ4n) is 3.32.